The minimum absolute atomic E-state index is 0.181. The fourth-order valence-electron chi connectivity index (χ4n) is 4.25. The van der Waals surface area contributed by atoms with Crippen LogP contribution in [0.3, 0.4) is 0 Å². The molecule has 1 saturated heterocycles. The second-order valence-electron chi connectivity index (χ2n) is 8.67. The number of carbonyl (C=O) groups is 1. The number of β-amino-alcohol motifs (C(OH)–C–C–N with tert-alkyl or cyclic N) is 1. The highest BCUT2D eigenvalue weighted by molar-refractivity contribution is 5.99. The van der Waals surface area contributed by atoms with Crippen molar-refractivity contribution in [3.8, 4) is 5.82 Å². The number of aromatic nitrogens is 5. The van der Waals surface area contributed by atoms with Gasteiger partial charge in [-0.05, 0) is 36.4 Å². The third-order valence-corrected chi connectivity index (χ3v) is 6.24. The Kier molecular flexibility index (Phi) is 7.33. The average Bonchev–Trinajstić information content (AvgIpc) is 2.94. The van der Waals surface area contributed by atoms with Crippen LogP contribution in [0, 0.1) is 0 Å². The van der Waals surface area contributed by atoms with Gasteiger partial charge < -0.3 is 20.6 Å². The third-order valence-electron chi connectivity index (χ3n) is 6.24. The van der Waals surface area contributed by atoms with Crippen molar-refractivity contribution in [1.29, 1.82) is 0 Å². The Morgan fingerprint density at radius 1 is 1.05 bits per heavy atom. The maximum Gasteiger partial charge on any atom is 0.283 e. The molecule has 4 heterocycles. The molecule has 1 aromatic carbocycles. The van der Waals surface area contributed by atoms with Crippen LogP contribution in [0.4, 0.5) is 23.0 Å². The number of hydrogen-bond donors (Lipinski definition) is 3. The zero-order valence-electron chi connectivity index (χ0n) is 20.6. The molecule has 12 nitrogen and oxygen atoms in total. The second-order valence-corrected chi connectivity index (χ2v) is 8.67. The van der Waals surface area contributed by atoms with E-state index in [1.807, 2.05) is 24.3 Å². The van der Waals surface area contributed by atoms with Crippen LogP contribution < -0.4 is 21.1 Å². The zero-order chi connectivity index (χ0) is 26.5. The molecule has 1 aliphatic heterocycles. The molecule has 1 fully saturated rings. The van der Waals surface area contributed by atoms with E-state index < -0.39 is 5.56 Å². The van der Waals surface area contributed by atoms with Gasteiger partial charge in [-0.1, -0.05) is 6.58 Å². The van der Waals surface area contributed by atoms with Gasteiger partial charge in [0, 0.05) is 68.2 Å². The van der Waals surface area contributed by atoms with Crippen molar-refractivity contribution >= 4 is 40.0 Å². The van der Waals surface area contributed by atoms with Crippen molar-refractivity contribution in [3.05, 3.63) is 78.1 Å². The molecule has 5 rings (SSSR count). The summed E-state index contributed by atoms with van der Waals surface area (Å²) in [5.74, 6) is 0.365. The molecule has 0 aliphatic carbocycles. The topological polar surface area (TPSA) is 141 Å². The number of amides is 1. The molecule has 0 unspecified atom stereocenters. The Morgan fingerprint density at radius 2 is 1.84 bits per heavy atom. The number of anilines is 4. The molecule has 3 aromatic heterocycles. The highest BCUT2D eigenvalue weighted by Crippen LogP contribution is 2.22. The molecule has 3 N–H and O–H groups in total. The first-order valence-electron chi connectivity index (χ1n) is 12.1. The number of rotatable bonds is 8. The van der Waals surface area contributed by atoms with E-state index in [0.717, 1.165) is 37.6 Å². The summed E-state index contributed by atoms with van der Waals surface area (Å²) < 4.78 is 1.56. The molecule has 12 heteroatoms. The van der Waals surface area contributed by atoms with Crippen LogP contribution in [0.5, 0.6) is 0 Å². The first kappa shape index (κ1) is 25.0. The first-order valence-corrected chi connectivity index (χ1v) is 12.1. The average molecular weight is 514 g/mol. The minimum Gasteiger partial charge on any atom is -0.395 e. The van der Waals surface area contributed by atoms with Crippen LogP contribution in [0.25, 0.3) is 16.9 Å². The molecule has 4 aromatic rings. The SMILES string of the molecule is C=CC(=O)Nc1ccnc(-n2cnc(=O)c3cnc(Nc4ccc(N5CCN(CCO)CC5)cc4)nc32)c1. The van der Waals surface area contributed by atoms with Crippen LogP contribution in [0.2, 0.25) is 0 Å². The summed E-state index contributed by atoms with van der Waals surface area (Å²) in [4.78, 5) is 45.8. The van der Waals surface area contributed by atoms with Crippen molar-refractivity contribution in [3.63, 3.8) is 0 Å². The smallest absolute Gasteiger partial charge is 0.283 e. The Hall–Kier alpha value is -4.68. The number of benzene rings is 1. The lowest BCUT2D eigenvalue weighted by molar-refractivity contribution is -0.111. The molecule has 0 spiro atoms. The normalized spacial score (nSPS) is 13.9. The van der Waals surface area contributed by atoms with Crippen molar-refractivity contribution in [1.82, 2.24) is 29.4 Å². The van der Waals surface area contributed by atoms with Gasteiger partial charge in [0.05, 0.1) is 6.61 Å². The standard InChI is InChI=1S/C26H27N9O3/c1-2-23(37)30-19-7-8-27-22(15-19)35-17-29-25(38)21-16-28-26(32-24(21)35)31-18-3-5-20(6-4-18)34-11-9-33(10-12-34)13-14-36/h2-8,15-17,36H,1,9-14H2,(H,27,30,37)(H,28,31,32). The van der Waals surface area contributed by atoms with Gasteiger partial charge in [-0.2, -0.15) is 9.97 Å². The maximum absolute atomic E-state index is 12.4. The van der Waals surface area contributed by atoms with E-state index in [2.05, 4.69) is 46.9 Å². The maximum atomic E-state index is 12.4. The zero-order valence-corrected chi connectivity index (χ0v) is 20.6. The quantitative estimate of drug-likeness (QED) is 0.297. The van der Waals surface area contributed by atoms with E-state index in [1.165, 1.54) is 24.8 Å². The van der Waals surface area contributed by atoms with Gasteiger partial charge in [-0.15, -0.1) is 0 Å². The summed E-state index contributed by atoms with van der Waals surface area (Å²) in [5.41, 5.74) is 2.28. The third kappa shape index (κ3) is 5.51. The predicted octanol–water partition coefficient (Wildman–Crippen LogP) is 1.55. The van der Waals surface area contributed by atoms with Crippen molar-refractivity contribution in [2.45, 2.75) is 0 Å². The van der Waals surface area contributed by atoms with E-state index in [-0.39, 0.29) is 17.9 Å². The molecular formula is C26H27N9O3. The summed E-state index contributed by atoms with van der Waals surface area (Å²) in [6, 6.07) is 11.3. The minimum atomic E-state index is -0.456. The number of carbonyl (C=O) groups excluding carboxylic acids is 1. The lowest BCUT2D eigenvalue weighted by Crippen LogP contribution is -2.47. The van der Waals surface area contributed by atoms with E-state index in [0.29, 0.717) is 29.6 Å². The number of nitrogens with one attached hydrogen (secondary N) is 2. The summed E-state index contributed by atoms with van der Waals surface area (Å²) in [6.07, 6.45) is 5.48. The molecule has 1 aliphatic rings. The van der Waals surface area contributed by atoms with Crippen molar-refractivity contribution in [2.75, 3.05) is 54.9 Å². The summed E-state index contributed by atoms with van der Waals surface area (Å²) >= 11 is 0. The Bertz CT molecular complexity index is 1510. The summed E-state index contributed by atoms with van der Waals surface area (Å²) in [7, 11) is 0. The molecule has 38 heavy (non-hydrogen) atoms. The molecule has 1 amide bonds. The number of aliphatic hydroxyl groups excluding tert-OH is 1. The molecule has 0 atom stereocenters. The first-order chi connectivity index (χ1) is 18.5. The van der Waals surface area contributed by atoms with Gasteiger partial charge in [0.15, 0.2) is 5.65 Å². The second kappa shape index (κ2) is 11.2. The van der Waals surface area contributed by atoms with E-state index in [9.17, 15) is 9.59 Å². The Morgan fingerprint density at radius 3 is 2.58 bits per heavy atom. The fourth-order valence-corrected chi connectivity index (χ4v) is 4.25. The number of hydrogen-bond acceptors (Lipinski definition) is 10. The van der Waals surface area contributed by atoms with Crippen LogP contribution in [0.15, 0.2) is 72.6 Å². The van der Waals surface area contributed by atoms with Gasteiger partial charge >= 0.3 is 0 Å². The van der Waals surface area contributed by atoms with Crippen LogP contribution in [-0.4, -0.2) is 79.7 Å². The van der Waals surface area contributed by atoms with Crippen LogP contribution >= 0.6 is 0 Å². The molecular weight excluding hydrogens is 486 g/mol. The van der Waals surface area contributed by atoms with Crippen molar-refractivity contribution in [2.24, 2.45) is 0 Å². The summed E-state index contributed by atoms with van der Waals surface area (Å²) in [5, 5.41) is 15.2. The lowest BCUT2D eigenvalue weighted by Gasteiger charge is -2.35. The summed E-state index contributed by atoms with van der Waals surface area (Å²) in [6.45, 7) is 7.98. The molecule has 0 radical (unpaired) electrons. The van der Waals surface area contributed by atoms with Gasteiger partial charge in [0.2, 0.25) is 11.9 Å². The predicted molar refractivity (Wildman–Crippen MR) is 145 cm³/mol. The van der Waals surface area contributed by atoms with E-state index in [4.69, 9.17) is 5.11 Å². The van der Waals surface area contributed by atoms with Gasteiger partial charge in [0.1, 0.15) is 17.5 Å². The van der Waals surface area contributed by atoms with Crippen LogP contribution in [-0.2, 0) is 4.79 Å². The van der Waals surface area contributed by atoms with Crippen LogP contribution in [0.1, 0.15) is 0 Å². The molecule has 0 bridgehead atoms. The highest BCUT2D eigenvalue weighted by atomic mass is 16.3. The Balaban J connectivity index is 1.37. The monoisotopic (exact) mass is 513 g/mol. The number of pyridine rings is 1. The lowest BCUT2D eigenvalue weighted by atomic mass is 10.2. The van der Waals surface area contributed by atoms with Crippen molar-refractivity contribution < 1.29 is 9.90 Å². The van der Waals surface area contributed by atoms with Gasteiger partial charge in [0.25, 0.3) is 5.56 Å². The number of fused-ring (bicyclic) bond motifs is 1. The number of piperazine rings is 1. The molecule has 194 valence electrons. The van der Waals surface area contributed by atoms with E-state index in [1.54, 1.807) is 16.7 Å². The largest absolute Gasteiger partial charge is 0.395 e. The Labute approximate surface area is 218 Å². The number of nitrogens with zero attached hydrogens (tertiary/aromatic N) is 7. The molecule has 0 saturated carbocycles. The fraction of sp³-hybridized carbons (Fsp3) is 0.231. The van der Waals surface area contributed by atoms with Gasteiger partial charge in [-0.3, -0.25) is 19.1 Å². The van der Waals surface area contributed by atoms with E-state index >= 15 is 0 Å². The highest BCUT2D eigenvalue weighted by Gasteiger charge is 2.17. The van der Waals surface area contributed by atoms with Gasteiger partial charge in [-0.25, -0.2) is 9.97 Å². The number of aliphatic hydroxyl groups is 1.